The lowest BCUT2D eigenvalue weighted by Gasteiger charge is -2.09. The fraction of sp³-hybridized carbons (Fsp3) is 0. The fourth-order valence-corrected chi connectivity index (χ4v) is 4.29. The van der Waals surface area contributed by atoms with Crippen LogP contribution in [0.4, 0.5) is 13.2 Å². The van der Waals surface area contributed by atoms with Crippen molar-refractivity contribution >= 4 is 10.9 Å². The van der Waals surface area contributed by atoms with Crippen LogP contribution < -0.4 is 0 Å². The molecule has 3 aromatic rings. The molecule has 0 amide bonds. The Bertz CT molecular complexity index is 796. The Balaban J connectivity index is 2.18. The van der Waals surface area contributed by atoms with Gasteiger partial charge >= 0.3 is 0 Å². The van der Waals surface area contributed by atoms with Gasteiger partial charge in [-0.3, -0.25) is 0 Å². The minimum Gasteiger partial charge on any atom is -0.503 e. The van der Waals surface area contributed by atoms with Crippen molar-refractivity contribution < 1.29 is 18.3 Å². The fourth-order valence-electron chi connectivity index (χ4n) is 2.20. The normalized spacial score (nSPS) is 12.1. The molecule has 0 heterocycles. The Morgan fingerprint density at radius 2 is 1.17 bits per heavy atom. The molecule has 116 valence electrons. The summed E-state index contributed by atoms with van der Waals surface area (Å²) in [5, 5.41) is 9.29. The molecular weight excluding hydrogens is 321 g/mol. The van der Waals surface area contributed by atoms with Crippen molar-refractivity contribution in [2.75, 3.05) is 0 Å². The SMILES string of the molecule is Oc1c(F)cc([S+](c2ccccc2)c2ccc(F)cc2)cc1F. The molecule has 0 radical (unpaired) electrons. The van der Waals surface area contributed by atoms with Crippen molar-refractivity contribution in [1.29, 1.82) is 0 Å². The summed E-state index contributed by atoms with van der Waals surface area (Å²) in [5.74, 6) is -3.41. The Morgan fingerprint density at radius 3 is 1.74 bits per heavy atom. The van der Waals surface area contributed by atoms with Gasteiger partial charge in [0.05, 0.1) is 10.9 Å². The Morgan fingerprint density at radius 1 is 0.652 bits per heavy atom. The third kappa shape index (κ3) is 3.19. The van der Waals surface area contributed by atoms with E-state index in [0.29, 0.717) is 4.90 Å². The zero-order valence-electron chi connectivity index (χ0n) is 11.8. The summed E-state index contributed by atoms with van der Waals surface area (Å²) in [6, 6.07) is 17.2. The number of hydrogen-bond acceptors (Lipinski definition) is 1. The van der Waals surface area contributed by atoms with Crippen LogP contribution in [0.2, 0.25) is 0 Å². The molecule has 0 spiro atoms. The van der Waals surface area contributed by atoms with E-state index in [1.807, 2.05) is 30.3 Å². The van der Waals surface area contributed by atoms with Crippen LogP contribution in [0.3, 0.4) is 0 Å². The van der Waals surface area contributed by atoms with Gasteiger partial charge in [-0.05, 0) is 36.4 Å². The zero-order chi connectivity index (χ0) is 16.4. The number of aromatic hydroxyl groups is 1. The minimum absolute atomic E-state index is 0.371. The minimum atomic E-state index is -1.02. The molecule has 3 aromatic carbocycles. The van der Waals surface area contributed by atoms with Crippen LogP contribution in [0.25, 0.3) is 0 Å². The van der Waals surface area contributed by atoms with E-state index in [1.54, 1.807) is 12.1 Å². The molecule has 0 bridgehead atoms. The summed E-state index contributed by atoms with van der Waals surface area (Å²) < 4.78 is 40.7. The largest absolute Gasteiger partial charge is 0.503 e. The maximum absolute atomic E-state index is 13.8. The quantitative estimate of drug-likeness (QED) is 0.676. The van der Waals surface area contributed by atoms with Crippen LogP contribution in [-0.4, -0.2) is 5.11 Å². The molecule has 0 aliphatic carbocycles. The summed E-state index contributed by atoms with van der Waals surface area (Å²) >= 11 is 0. The topological polar surface area (TPSA) is 20.2 Å². The van der Waals surface area contributed by atoms with E-state index in [2.05, 4.69) is 0 Å². The van der Waals surface area contributed by atoms with E-state index in [9.17, 15) is 18.3 Å². The van der Waals surface area contributed by atoms with Gasteiger partial charge < -0.3 is 5.11 Å². The van der Waals surface area contributed by atoms with Crippen LogP contribution in [0.1, 0.15) is 0 Å². The maximum Gasteiger partial charge on any atom is 0.188 e. The first-order valence-electron chi connectivity index (χ1n) is 6.79. The van der Waals surface area contributed by atoms with E-state index in [-0.39, 0.29) is 5.82 Å². The maximum atomic E-state index is 13.8. The Labute approximate surface area is 134 Å². The molecule has 0 aromatic heterocycles. The van der Waals surface area contributed by atoms with Gasteiger partial charge in [0.1, 0.15) is 5.82 Å². The van der Waals surface area contributed by atoms with E-state index in [0.717, 1.165) is 21.9 Å². The van der Waals surface area contributed by atoms with Crippen LogP contribution in [-0.2, 0) is 10.9 Å². The number of rotatable bonds is 3. The zero-order valence-corrected chi connectivity index (χ0v) is 12.7. The summed E-state index contributed by atoms with van der Waals surface area (Å²) in [4.78, 5) is 1.93. The Kier molecular flexibility index (Phi) is 4.30. The second-order valence-corrected chi connectivity index (χ2v) is 6.84. The molecule has 0 saturated carbocycles. The molecule has 3 rings (SSSR count). The predicted octanol–water partition coefficient (Wildman–Crippen LogP) is 4.90. The molecule has 0 aliphatic rings. The lowest BCUT2D eigenvalue weighted by molar-refractivity contribution is 0.394. The second kappa shape index (κ2) is 6.38. The number of phenolic OH excluding ortho intramolecular Hbond substituents is 1. The number of benzene rings is 3. The van der Waals surface area contributed by atoms with E-state index >= 15 is 0 Å². The highest BCUT2D eigenvalue weighted by molar-refractivity contribution is 7.97. The molecule has 1 unspecified atom stereocenters. The highest BCUT2D eigenvalue weighted by Crippen LogP contribution is 2.34. The third-order valence-electron chi connectivity index (χ3n) is 3.25. The van der Waals surface area contributed by atoms with E-state index in [4.69, 9.17) is 0 Å². The van der Waals surface area contributed by atoms with E-state index in [1.165, 1.54) is 12.1 Å². The van der Waals surface area contributed by atoms with Gasteiger partial charge in [-0.1, -0.05) is 18.2 Å². The first-order chi connectivity index (χ1) is 11.1. The third-order valence-corrected chi connectivity index (χ3v) is 5.45. The lowest BCUT2D eigenvalue weighted by Crippen LogP contribution is -2.06. The standard InChI is InChI=1S/C18H11F3OS/c19-12-6-8-14(9-7-12)23(13-4-2-1-3-5-13)15-10-16(20)18(22)17(21)11-15/h1-11H/p+1. The molecule has 1 atom stereocenters. The van der Waals surface area contributed by atoms with Crippen molar-refractivity contribution in [3.05, 3.63) is 84.2 Å². The van der Waals surface area contributed by atoms with Crippen molar-refractivity contribution in [3.8, 4) is 5.75 Å². The number of halogens is 3. The highest BCUT2D eigenvalue weighted by Gasteiger charge is 2.30. The van der Waals surface area contributed by atoms with Gasteiger partial charge in [-0.15, -0.1) is 0 Å². The highest BCUT2D eigenvalue weighted by atomic mass is 32.2. The number of hydrogen-bond donors (Lipinski definition) is 1. The van der Waals surface area contributed by atoms with Gasteiger partial charge in [0, 0.05) is 12.1 Å². The Hall–Kier alpha value is -2.40. The van der Waals surface area contributed by atoms with Gasteiger partial charge in [0.15, 0.2) is 32.1 Å². The number of phenols is 1. The van der Waals surface area contributed by atoms with Crippen LogP contribution >= 0.6 is 0 Å². The van der Waals surface area contributed by atoms with Crippen molar-refractivity contribution in [3.63, 3.8) is 0 Å². The molecule has 23 heavy (non-hydrogen) atoms. The average Bonchev–Trinajstić information content (AvgIpc) is 2.55. The van der Waals surface area contributed by atoms with Gasteiger partial charge in [-0.2, -0.15) is 0 Å². The van der Waals surface area contributed by atoms with Gasteiger partial charge in [0.25, 0.3) is 0 Å². The van der Waals surface area contributed by atoms with Crippen molar-refractivity contribution in [2.24, 2.45) is 0 Å². The average molecular weight is 333 g/mol. The van der Waals surface area contributed by atoms with Gasteiger partial charge in [0.2, 0.25) is 0 Å². The summed E-state index contributed by atoms with van der Waals surface area (Å²) in [6.07, 6.45) is 0. The molecule has 5 heteroatoms. The van der Waals surface area contributed by atoms with Crippen molar-refractivity contribution in [1.82, 2.24) is 0 Å². The second-order valence-electron chi connectivity index (χ2n) is 4.81. The molecule has 1 N–H and O–H groups in total. The first-order valence-corrected chi connectivity index (χ1v) is 8.01. The predicted molar refractivity (Wildman–Crippen MR) is 83.0 cm³/mol. The molecule has 0 aliphatic heterocycles. The molecule has 1 nitrogen and oxygen atoms in total. The van der Waals surface area contributed by atoms with Crippen LogP contribution in [0.15, 0.2) is 81.4 Å². The van der Waals surface area contributed by atoms with Crippen LogP contribution in [0, 0.1) is 17.5 Å². The van der Waals surface area contributed by atoms with Crippen molar-refractivity contribution in [2.45, 2.75) is 14.7 Å². The molecule has 0 saturated heterocycles. The molecule has 0 fully saturated rings. The van der Waals surface area contributed by atoms with E-state index < -0.39 is 28.3 Å². The lowest BCUT2D eigenvalue weighted by atomic mass is 10.3. The van der Waals surface area contributed by atoms with Crippen LogP contribution in [0.5, 0.6) is 5.75 Å². The monoisotopic (exact) mass is 333 g/mol. The summed E-state index contributed by atoms with van der Waals surface area (Å²) in [6.45, 7) is 0. The smallest absolute Gasteiger partial charge is 0.188 e. The first kappa shape index (κ1) is 15.5. The molecular formula is C18H12F3OS+. The van der Waals surface area contributed by atoms with Gasteiger partial charge in [-0.25, -0.2) is 13.2 Å². The summed E-state index contributed by atoms with van der Waals surface area (Å²) in [7, 11) is -0.810. The summed E-state index contributed by atoms with van der Waals surface area (Å²) in [5.41, 5.74) is 0.